The summed E-state index contributed by atoms with van der Waals surface area (Å²) in [5, 5.41) is 20.8. The molecule has 2 aliphatic rings. The first-order valence-corrected chi connectivity index (χ1v) is 8.98. The lowest BCUT2D eigenvalue weighted by atomic mass is 9.95. The molecule has 4 rings (SSSR count). The van der Waals surface area contributed by atoms with E-state index in [2.05, 4.69) is 11.4 Å². The predicted molar refractivity (Wildman–Crippen MR) is 101 cm³/mol. The second-order valence-corrected chi connectivity index (χ2v) is 6.99. The van der Waals surface area contributed by atoms with Crippen LogP contribution in [0.1, 0.15) is 22.3 Å². The van der Waals surface area contributed by atoms with E-state index in [1.165, 1.54) is 11.1 Å². The number of aliphatic carboxylic acids is 2. The van der Waals surface area contributed by atoms with Gasteiger partial charge in [0.25, 0.3) is 0 Å². The van der Waals surface area contributed by atoms with Crippen LogP contribution >= 0.6 is 0 Å². The Morgan fingerprint density at radius 2 is 1.44 bits per heavy atom. The van der Waals surface area contributed by atoms with Crippen LogP contribution in [0.15, 0.2) is 48.5 Å². The van der Waals surface area contributed by atoms with Gasteiger partial charge in [0, 0.05) is 13.1 Å². The van der Waals surface area contributed by atoms with Gasteiger partial charge in [0.2, 0.25) is 0 Å². The number of hydrogen-bond acceptors (Lipinski definition) is 4. The third-order valence-electron chi connectivity index (χ3n) is 5.15. The highest BCUT2D eigenvalue weighted by molar-refractivity contribution is 5.74. The molecule has 0 bridgehead atoms. The zero-order valence-corrected chi connectivity index (χ0v) is 15.3. The summed E-state index contributed by atoms with van der Waals surface area (Å²) in [4.78, 5) is 23.5. The molecule has 2 unspecified atom stereocenters. The van der Waals surface area contributed by atoms with Gasteiger partial charge in [-0.05, 0) is 42.1 Å². The number of carboxylic acids is 2. The Kier molecular flexibility index (Phi) is 5.88. The van der Waals surface area contributed by atoms with Crippen molar-refractivity contribution in [2.45, 2.75) is 38.0 Å². The minimum atomic E-state index is -0.769. The molecule has 2 aromatic carbocycles. The molecular formula is C21H24N2O4. The highest BCUT2D eigenvalue weighted by atomic mass is 16.4. The summed E-state index contributed by atoms with van der Waals surface area (Å²) in [6.07, 6.45) is 1.20. The van der Waals surface area contributed by atoms with Crippen LogP contribution in [0.3, 0.4) is 0 Å². The topological polar surface area (TPSA) is 89.9 Å². The number of nitrogens with zero attached hydrogens (tertiary/aromatic N) is 1. The molecule has 0 aliphatic carbocycles. The van der Waals surface area contributed by atoms with Gasteiger partial charge in [0.05, 0.1) is 0 Å². The largest absolute Gasteiger partial charge is 0.480 e. The number of carbonyl (C=O) groups is 2. The maximum Gasteiger partial charge on any atom is 0.321 e. The smallest absolute Gasteiger partial charge is 0.321 e. The van der Waals surface area contributed by atoms with Gasteiger partial charge in [-0.3, -0.25) is 14.5 Å². The van der Waals surface area contributed by atoms with Gasteiger partial charge >= 0.3 is 11.9 Å². The van der Waals surface area contributed by atoms with Crippen molar-refractivity contribution in [3.05, 3.63) is 70.8 Å². The molecule has 0 aromatic heterocycles. The van der Waals surface area contributed by atoms with Gasteiger partial charge in [0.15, 0.2) is 0 Å². The molecular weight excluding hydrogens is 344 g/mol. The Labute approximate surface area is 158 Å². The Balaban J connectivity index is 0.000000156. The monoisotopic (exact) mass is 368 g/mol. The molecule has 0 radical (unpaired) electrons. The molecule has 0 saturated carbocycles. The summed E-state index contributed by atoms with van der Waals surface area (Å²) < 4.78 is 0. The summed E-state index contributed by atoms with van der Waals surface area (Å²) in [5.41, 5.74) is 4.76. The van der Waals surface area contributed by atoms with Crippen molar-refractivity contribution in [3.63, 3.8) is 0 Å². The summed E-state index contributed by atoms with van der Waals surface area (Å²) in [5.74, 6) is -1.50. The zero-order valence-electron chi connectivity index (χ0n) is 15.3. The first-order chi connectivity index (χ1) is 13.0. The Bertz CT molecular complexity index is 836. The third-order valence-corrected chi connectivity index (χ3v) is 5.15. The van der Waals surface area contributed by atoms with E-state index in [-0.39, 0.29) is 6.04 Å². The summed E-state index contributed by atoms with van der Waals surface area (Å²) >= 11 is 0. The van der Waals surface area contributed by atoms with Gasteiger partial charge in [-0.1, -0.05) is 48.5 Å². The van der Waals surface area contributed by atoms with Crippen molar-refractivity contribution >= 4 is 11.9 Å². The van der Waals surface area contributed by atoms with E-state index in [1.54, 1.807) is 0 Å². The first-order valence-electron chi connectivity index (χ1n) is 8.98. The molecule has 0 spiro atoms. The number of benzene rings is 2. The van der Waals surface area contributed by atoms with E-state index in [0.717, 1.165) is 17.7 Å². The Morgan fingerprint density at radius 3 is 2.04 bits per heavy atom. The van der Waals surface area contributed by atoms with Gasteiger partial charge in [-0.2, -0.15) is 0 Å². The quantitative estimate of drug-likeness (QED) is 0.750. The van der Waals surface area contributed by atoms with Crippen LogP contribution in [-0.4, -0.2) is 46.2 Å². The Hall–Kier alpha value is -2.70. The fourth-order valence-electron chi connectivity index (χ4n) is 3.56. The fraction of sp³-hybridized carbons (Fsp3) is 0.333. The van der Waals surface area contributed by atoms with E-state index in [1.807, 2.05) is 54.4 Å². The molecule has 6 heteroatoms. The number of nitrogens with one attached hydrogen (secondary N) is 1. The molecule has 27 heavy (non-hydrogen) atoms. The number of fused-ring (bicyclic) bond motifs is 2. The van der Waals surface area contributed by atoms with Crippen LogP contribution in [0, 0.1) is 0 Å². The Morgan fingerprint density at radius 1 is 0.889 bits per heavy atom. The van der Waals surface area contributed by atoms with Crippen LogP contribution in [0.2, 0.25) is 0 Å². The van der Waals surface area contributed by atoms with Crippen LogP contribution < -0.4 is 5.32 Å². The summed E-state index contributed by atoms with van der Waals surface area (Å²) in [6.45, 7) is 1.39. The van der Waals surface area contributed by atoms with Gasteiger partial charge < -0.3 is 15.5 Å². The van der Waals surface area contributed by atoms with Crippen molar-refractivity contribution in [1.29, 1.82) is 0 Å². The number of hydrogen-bond donors (Lipinski definition) is 3. The molecule has 3 N–H and O–H groups in total. The van der Waals surface area contributed by atoms with Crippen LogP contribution in [-0.2, 0) is 35.5 Å². The highest BCUT2D eigenvalue weighted by Crippen LogP contribution is 2.21. The van der Waals surface area contributed by atoms with E-state index in [0.29, 0.717) is 19.4 Å². The van der Waals surface area contributed by atoms with Crippen molar-refractivity contribution in [3.8, 4) is 0 Å². The van der Waals surface area contributed by atoms with Gasteiger partial charge in [0.1, 0.15) is 12.1 Å². The maximum atomic E-state index is 10.9. The van der Waals surface area contributed by atoms with Crippen molar-refractivity contribution in [1.82, 2.24) is 10.2 Å². The molecule has 0 amide bonds. The van der Waals surface area contributed by atoms with Crippen LogP contribution in [0.4, 0.5) is 0 Å². The van der Waals surface area contributed by atoms with E-state index < -0.39 is 18.0 Å². The lowest BCUT2D eigenvalue weighted by Crippen LogP contribution is -2.42. The standard InChI is InChI=1S/C11H13NO2.C10H11NO2/c1-12-7-9-5-3-2-4-8(9)6-10(12)11(13)14;12-10(13)9-5-7-3-1-2-4-8(7)6-11-9/h2-5,10H,6-7H2,1H3,(H,13,14);1-4,9,11H,5-6H2,(H,12,13). The van der Waals surface area contributed by atoms with Gasteiger partial charge in [-0.15, -0.1) is 0 Å². The SMILES string of the molecule is CN1Cc2ccccc2CC1C(=O)O.O=C(O)C1Cc2ccccc2CN1. The van der Waals surface area contributed by atoms with Crippen molar-refractivity contribution in [2.75, 3.05) is 7.05 Å². The van der Waals surface area contributed by atoms with Crippen molar-refractivity contribution < 1.29 is 19.8 Å². The molecule has 0 fully saturated rings. The number of likely N-dealkylation sites (N-methyl/N-ethyl adjacent to an activating group) is 1. The summed E-state index contributed by atoms with van der Waals surface area (Å²) in [6, 6.07) is 15.2. The van der Waals surface area contributed by atoms with E-state index >= 15 is 0 Å². The lowest BCUT2D eigenvalue weighted by molar-refractivity contribution is -0.143. The zero-order chi connectivity index (χ0) is 19.4. The van der Waals surface area contributed by atoms with Crippen LogP contribution in [0.5, 0.6) is 0 Å². The minimum Gasteiger partial charge on any atom is -0.480 e. The average Bonchev–Trinajstić information content (AvgIpc) is 2.67. The summed E-state index contributed by atoms with van der Waals surface area (Å²) in [7, 11) is 1.86. The normalized spacial score (nSPS) is 21.2. The second kappa shape index (κ2) is 8.33. The highest BCUT2D eigenvalue weighted by Gasteiger charge is 2.28. The molecule has 2 aromatic rings. The predicted octanol–water partition coefficient (Wildman–Crippen LogP) is 1.91. The molecule has 2 aliphatic heterocycles. The lowest BCUT2D eigenvalue weighted by Gasteiger charge is -2.30. The second-order valence-electron chi connectivity index (χ2n) is 6.99. The molecule has 6 nitrogen and oxygen atoms in total. The third kappa shape index (κ3) is 4.53. The van der Waals surface area contributed by atoms with E-state index in [4.69, 9.17) is 10.2 Å². The molecule has 2 heterocycles. The van der Waals surface area contributed by atoms with Gasteiger partial charge in [-0.25, -0.2) is 0 Å². The van der Waals surface area contributed by atoms with Crippen LogP contribution in [0.25, 0.3) is 0 Å². The van der Waals surface area contributed by atoms with Crippen molar-refractivity contribution in [2.24, 2.45) is 0 Å². The average molecular weight is 368 g/mol. The molecule has 142 valence electrons. The fourth-order valence-corrected chi connectivity index (χ4v) is 3.56. The minimum absolute atomic E-state index is 0.370. The molecule has 2 atom stereocenters. The maximum absolute atomic E-state index is 10.9. The first kappa shape index (κ1) is 19.1. The van der Waals surface area contributed by atoms with E-state index in [9.17, 15) is 9.59 Å². The number of carboxylic acid groups (broad SMARTS) is 2. The number of rotatable bonds is 2. The molecule has 0 saturated heterocycles.